The zero-order valence-electron chi connectivity index (χ0n) is 16.5. The van der Waals surface area contributed by atoms with Gasteiger partial charge in [0.25, 0.3) is 5.91 Å². The molecule has 0 aliphatic carbocycles. The maximum Gasteiger partial charge on any atom is 0.573 e. The van der Waals surface area contributed by atoms with Crippen LogP contribution in [0.3, 0.4) is 0 Å². The molecule has 1 atom stereocenters. The minimum absolute atomic E-state index is 0. The smallest absolute Gasteiger partial charge is 0.406 e. The lowest BCUT2D eigenvalue weighted by Crippen LogP contribution is -2.27. The van der Waals surface area contributed by atoms with Crippen LogP contribution >= 0.6 is 0 Å². The molecule has 1 aromatic carbocycles. The van der Waals surface area contributed by atoms with Gasteiger partial charge in [0, 0.05) is 11.2 Å². The molecule has 0 aliphatic rings. The van der Waals surface area contributed by atoms with Gasteiger partial charge >= 0.3 is 6.36 Å². The van der Waals surface area contributed by atoms with Crippen LogP contribution in [0.2, 0.25) is 0 Å². The lowest BCUT2D eigenvalue weighted by molar-refractivity contribution is -0.274. The Labute approximate surface area is 162 Å². The number of alkyl halides is 3. The molecule has 154 valence electrons. The van der Waals surface area contributed by atoms with Gasteiger partial charge in [0.05, 0.1) is 6.04 Å². The first kappa shape index (κ1) is 23.4. The van der Waals surface area contributed by atoms with Gasteiger partial charge in [-0.2, -0.15) is 0 Å². The average molecular weight is 398 g/mol. The van der Waals surface area contributed by atoms with Crippen LogP contribution in [0.25, 0.3) is 0 Å². The number of aryl methyl sites for hydroxylation is 1. The summed E-state index contributed by atoms with van der Waals surface area (Å²) in [5.74, 6) is -0.779. The molecule has 2 rings (SSSR count). The first-order valence-electron chi connectivity index (χ1n) is 8.49. The van der Waals surface area contributed by atoms with Crippen LogP contribution in [-0.4, -0.2) is 27.8 Å². The Morgan fingerprint density at radius 3 is 2.32 bits per heavy atom. The maximum atomic E-state index is 12.2. The number of amides is 1. The van der Waals surface area contributed by atoms with E-state index < -0.39 is 18.3 Å². The van der Waals surface area contributed by atoms with E-state index in [9.17, 15) is 18.0 Å². The molecule has 3 N–H and O–H groups in total. The number of halogens is 3. The van der Waals surface area contributed by atoms with E-state index >= 15 is 0 Å². The van der Waals surface area contributed by atoms with E-state index in [4.69, 9.17) is 5.73 Å². The second kappa shape index (κ2) is 9.50. The summed E-state index contributed by atoms with van der Waals surface area (Å²) in [6.45, 7) is 9.27. The minimum Gasteiger partial charge on any atom is -0.406 e. The quantitative estimate of drug-likeness (QED) is 0.815. The summed E-state index contributed by atoms with van der Waals surface area (Å²) in [7, 11) is 0. The number of aromatic nitrogens is 2. The van der Waals surface area contributed by atoms with Crippen molar-refractivity contribution in [3.63, 3.8) is 0 Å². The Balaban J connectivity index is 0.000000696. The fourth-order valence-corrected chi connectivity index (χ4v) is 1.91. The van der Waals surface area contributed by atoms with E-state index in [1.54, 1.807) is 19.9 Å². The first-order valence-corrected chi connectivity index (χ1v) is 8.49. The molecule has 0 aliphatic heterocycles. The van der Waals surface area contributed by atoms with Crippen molar-refractivity contribution in [2.75, 3.05) is 0 Å². The summed E-state index contributed by atoms with van der Waals surface area (Å²) in [4.78, 5) is 19.8. The Hall–Kier alpha value is -2.68. The van der Waals surface area contributed by atoms with Crippen LogP contribution in [0.4, 0.5) is 13.2 Å². The zero-order valence-corrected chi connectivity index (χ0v) is 16.5. The number of nitrogens with zero attached hydrogens (tertiary/aromatic N) is 2. The van der Waals surface area contributed by atoms with Crippen LogP contribution in [0.1, 0.15) is 55.5 Å². The Kier molecular flexibility index (Phi) is 7.92. The lowest BCUT2D eigenvalue weighted by atomic mass is 10.1. The van der Waals surface area contributed by atoms with E-state index in [-0.39, 0.29) is 17.0 Å². The Morgan fingerprint density at radius 2 is 1.79 bits per heavy atom. The second-order valence-corrected chi connectivity index (χ2v) is 7.23. The third-order valence-electron chi connectivity index (χ3n) is 2.98. The average Bonchev–Trinajstić information content (AvgIpc) is 2.52. The van der Waals surface area contributed by atoms with Crippen molar-refractivity contribution in [3.05, 3.63) is 53.6 Å². The molecule has 2 aromatic rings. The molecule has 1 amide bonds. The molecular weight excluding hydrogens is 373 g/mol. The van der Waals surface area contributed by atoms with Crippen molar-refractivity contribution in [1.82, 2.24) is 15.3 Å². The van der Waals surface area contributed by atoms with Gasteiger partial charge in [-0.25, -0.2) is 9.97 Å². The molecule has 28 heavy (non-hydrogen) atoms. The minimum atomic E-state index is -4.76. The monoisotopic (exact) mass is 398 g/mol. The number of nitrogens with one attached hydrogen (secondary N) is 1. The summed E-state index contributed by atoms with van der Waals surface area (Å²) >= 11 is 0. The van der Waals surface area contributed by atoms with Crippen molar-refractivity contribution in [1.29, 1.82) is 0 Å². The summed E-state index contributed by atoms with van der Waals surface area (Å²) in [6, 6.07) is 6.44. The highest BCUT2D eigenvalue weighted by atomic mass is 19.4. The van der Waals surface area contributed by atoms with Crippen LogP contribution in [-0.2, 0) is 0 Å². The van der Waals surface area contributed by atoms with Gasteiger partial charge in [-0.05, 0) is 58.4 Å². The van der Waals surface area contributed by atoms with E-state index in [2.05, 4.69) is 20.0 Å². The number of rotatable bonds is 4. The molecule has 0 saturated heterocycles. The molecule has 0 bridgehead atoms. The van der Waals surface area contributed by atoms with E-state index in [1.807, 2.05) is 20.8 Å². The molecule has 9 heteroatoms. The van der Waals surface area contributed by atoms with Gasteiger partial charge < -0.3 is 15.8 Å². The third-order valence-corrected chi connectivity index (χ3v) is 2.98. The highest BCUT2D eigenvalue weighted by Crippen LogP contribution is 2.25. The molecule has 1 unspecified atom stereocenters. The number of ether oxygens (including phenoxy) is 1. The van der Waals surface area contributed by atoms with E-state index in [0.717, 1.165) is 0 Å². The van der Waals surface area contributed by atoms with E-state index in [0.29, 0.717) is 11.3 Å². The van der Waals surface area contributed by atoms with Gasteiger partial charge in [0.15, 0.2) is 0 Å². The molecule has 0 fully saturated rings. The van der Waals surface area contributed by atoms with Crippen molar-refractivity contribution < 1.29 is 22.7 Å². The molecular formula is C19H25F3N4O2. The molecule has 0 spiro atoms. The normalized spacial score (nSPS) is 12.5. The zero-order chi connectivity index (χ0) is 21.5. The SMILES string of the molecule is CC(C)(C)N.Cc1cc(C(=O)NC(C)c2cccc(OC(F)(F)F)c2)ncn1. The molecule has 0 radical (unpaired) electrons. The van der Waals surface area contributed by atoms with Crippen molar-refractivity contribution in [2.45, 2.75) is 52.6 Å². The molecule has 6 nitrogen and oxygen atoms in total. The molecule has 0 saturated carbocycles. The van der Waals surface area contributed by atoms with Crippen LogP contribution < -0.4 is 15.8 Å². The van der Waals surface area contributed by atoms with Gasteiger partial charge in [0.2, 0.25) is 0 Å². The number of hydrogen-bond acceptors (Lipinski definition) is 5. The number of carbonyl (C=O) groups is 1. The van der Waals surface area contributed by atoms with Crippen LogP contribution in [0.15, 0.2) is 36.7 Å². The predicted octanol–water partition coefficient (Wildman–Crippen LogP) is 3.92. The number of nitrogens with two attached hydrogens (primary N) is 1. The van der Waals surface area contributed by atoms with Gasteiger partial charge in [0.1, 0.15) is 17.8 Å². The topological polar surface area (TPSA) is 90.1 Å². The summed E-state index contributed by atoms with van der Waals surface area (Å²) in [6.07, 6.45) is -3.49. The summed E-state index contributed by atoms with van der Waals surface area (Å²) < 4.78 is 40.6. The summed E-state index contributed by atoms with van der Waals surface area (Å²) in [5.41, 5.74) is 6.66. The van der Waals surface area contributed by atoms with Gasteiger partial charge in [-0.1, -0.05) is 12.1 Å². The first-order chi connectivity index (χ1) is 12.7. The third kappa shape index (κ3) is 9.86. The largest absolute Gasteiger partial charge is 0.573 e. The molecule has 1 heterocycles. The van der Waals surface area contributed by atoms with Crippen molar-refractivity contribution in [3.8, 4) is 5.75 Å². The highest BCUT2D eigenvalue weighted by Gasteiger charge is 2.31. The fraction of sp³-hybridized carbons (Fsp3) is 0.421. The number of hydrogen-bond donors (Lipinski definition) is 2. The van der Waals surface area contributed by atoms with Gasteiger partial charge in [-0.3, -0.25) is 4.79 Å². The maximum absolute atomic E-state index is 12.2. The van der Waals surface area contributed by atoms with Crippen molar-refractivity contribution in [2.24, 2.45) is 5.73 Å². The predicted molar refractivity (Wildman–Crippen MR) is 99.7 cm³/mol. The fourth-order valence-electron chi connectivity index (χ4n) is 1.91. The Bertz CT molecular complexity index is 783. The molecule has 1 aromatic heterocycles. The lowest BCUT2D eigenvalue weighted by Gasteiger charge is -2.16. The Morgan fingerprint density at radius 1 is 1.18 bits per heavy atom. The second-order valence-electron chi connectivity index (χ2n) is 7.23. The van der Waals surface area contributed by atoms with Crippen LogP contribution in [0, 0.1) is 6.92 Å². The van der Waals surface area contributed by atoms with Crippen LogP contribution in [0.5, 0.6) is 5.75 Å². The highest BCUT2D eigenvalue weighted by molar-refractivity contribution is 5.92. The van der Waals surface area contributed by atoms with Gasteiger partial charge in [-0.15, -0.1) is 13.2 Å². The van der Waals surface area contributed by atoms with E-state index in [1.165, 1.54) is 30.6 Å². The number of benzene rings is 1. The van der Waals surface area contributed by atoms with Crippen molar-refractivity contribution >= 4 is 5.91 Å². The summed E-state index contributed by atoms with van der Waals surface area (Å²) in [5, 5.41) is 2.66. The number of carbonyl (C=O) groups excluding carboxylic acids is 1. The standard InChI is InChI=1S/C15H14F3N3O2.C4H11N/c1-9-6-13(20-8-19-9)14(22)21-10(2)11-4-3-5-12(7-11)23-15(16,17)18;1-4(2,3)5/h3-8,10H,1-2H3,(H,21,22);5H2,1-3H3.